The van der Waals surface area contributed by atoms with E-state index in [-0.39, 0.29) is 30.8 Å². The average molecular weight is 583 g/mol. The Balaban J connectivity index is 1.46. The molecule has 6 rings (SSSR count). The first-order chi connectivity index (χ1) is 20.9. The van der Waals surface area contributed by atoms with Gasteiger partial charge in [-0.15, -0.1) is 0 Å². The van der Waals surface area contributed by atoms with Gasteiger partial charge < -0.3 is 25.5 Å². The highest BCUT2D eigenvalue weighted by molar-refractivity contribution is 5.98. The summed E-state index contributed by atoms with van der Waals surface area (Å²) in [5.41, 5.74) is 11.9. The number of benzene rings is 1. The summed E-state index contributed by atoms with van der Waals surface area (Å²) in [6.45, 7) is 3.46. The molecular formula is C31H31FN8O3. The van der Waals surface area contributed by atoms with Gasteiger partial charge in [-0.05, 0) is 48.9 Å². The Morgan fingerprint density at radius 3 is 2.53 bits per heavy atom. The fourth-order valence-corrected chi connectivity index (χ4v) is 5.51. The number of aromatic hydroxyl groups is 1. The van der Waals surface area contributed by atoms with E-state index in [2.05, 4.69) is 20.4 Å². The second kappa shape index (κ2) is 11.8. The lowest BCUT2D eigenvalue weighted by atomic mass is 10.1. The highest BCUT2D eigenvalue weighted by Crippen LogP contribution is 2.38. The Morgan fingerprint density at radius 1 is 1.00 bits per heavy atom. The van der Waals surface area contributed by atoms with Crippen LogP contribution < -0.4 is 5.73 Å². The number of anilines is 1. The molecule has 0 radical (unpaired) electrons. The number of rotatable bonds is 10. The molecule has 11 nitrogen and oxygen atoms in total. The first kappa shape index (κ1) is 28.2. The van der Waals surface area contributed by atoms with E-state index in [4.69, 9.17) is 15.8 Å². The minimum absolute atomic E-state index is 0.00365. The van der Waals surface area contributed by atoms with Crippen LogP contribution in [0.4, 0.5) is 10.2 Å². The highest BCUT2D eigenvalue weighted by atomic mass is 19.1. The Morgan fingerprint density at radius 2 is 1.81 bits per heavy atom. The van der Waals surface area contributed by atoms with Crippen molar-refractivity contribution in [1.82, 2.24) is 34.0 Å². The third kappa shape index (κ3) is 5.39. The maximum Gasteiger partial charge on any atom is 0.164 e. The van der Waals surface area contributed by atoms with Gasteiger partial charge in [0.2, 0.25) is 0 Å². The number of nitrogen functional groups attached to an aromatic ring is 1. The number of hydrogen-bond donors (Lipinski definition) is 4. The van der Waals surface area contributed by atoms with E-state index < -0.39 is 5.82 Å². The number of aliphatic hydroxyl groups is 2. The number of pyridine rings is 2. The molecule has 1 aromatic carbocycles. The smallest absolute Gasteiger partial charge is 0.164 e. The molecule has 0 bridgehead atoms. The van der Waals surface area contributed by atoms with E-state index in [1.807, 2.05) is 48.4 Å². The Bertz CT molecular complexity index is 1880. The second-order valence-corrected chi connectivity index (χ2v) is 10.3. The van der Waals surface area contributed by atoms with Crippen LogP contribution >= 0.6 is 0 Å². The predicted octanol–water partition coefficient (Wildman–Crippen LogP) is 3.63. The number of aliphatic hydroxyl groups excluding tert-OH is 2. The first-order valence-electron chi connectivity index (χ1n) is 13.9. The van der Waals surface area contributed by atoms with Crippen molar-refractivity contribution in [3.05, 3.63) is 90.3 Å². The molecule has 0 fully saturated rings. The SMILES string of the molecule is C[C@H](c1cc2ccccn2c1-c1ccc(CN(CCO)CCO)cn1)n1nc(-c2cc(O)cc(F)c2)c2c(N)ncnc21. The molecule has 0 aliphatic rings. The van der Waals surface area contributed by atoms with Gasteiger partial charge in [-0.3, -0.25) is 9.88 Å². The van der Waals surface area contributed by atoms with Crippen molar-refractivity contribution >= 4 is 22.4 Å². The van der Waals surface area contributed by atoms with E-state index in [1.165, 1.54) is 18.5 Å². The molecule has 5 heterocycles. The lowest BCUT2D eigenvalue weighted by Crippen LogP contribution is -2.29. The van der Waals surface area contributed by atoms with E-state index in [0.29, 0.717) is 41.9 Å². The quantitative estimate of drug-likeness (QED) is 0.190. The molecule has 0 aliphatic carbocycles. The van der Waals surface area contributed by atoms with Gasteiger partial charge in [0, 0.05) is 54.7 Å². The summed E-state index contributed by atoms with van der Waals surface area (Å²) < 4.78 is 18.1. The van der Waals surface area contributed by atoms with Gasteiger partial charge in [-0.1, -0.05) is 12.1 Å². The van der Waals surface area contributed by atoms with Gasteiger partial charge in [0.15, 0.2) is 5.65 Å². The number of phenolic OH excluding ortho intramolecular Hbond substituents is 1. The number of nitrogens with zero attached hydrogens (tertiary/aromatic N) is 7. The van der Waals surface area contributed by atoms with E-state index in [1.54, 1.807) is 10.9 Å². The summed E-state index contributed by atoms with van der Waals surface area (Å²) >= 11 is 0. The molecule has 0 saturated carbocycles. The van der Waals surface area contributed by atoms with Crippen LogP contribution in [-0.2, 0) is 6.54 Å². The van der Waals surface area contributed by atoms with Crippen molar-refractivity contribution in [2.45, 2.75) is 19.5 Å². The Labute approximate surface area is 246 Å². The topological polar surface area (TPSA) is 151 Å². The molecule has 0 amide bonds. The van der Waals surface area contributed by atoms with E-state index in [0.717, 1.165) is 34.1 Å². The van der Waals surface area contributed by atoms with Crippen LogP contribution in [0, 0.1) is 5.82 Å². The molecule has 0 saturated heterocycles. The molecule has 12 heteroatoms. The monoisotopic (exact) mass is 582 g/mol. The standard InChI is InChI=1S/C31H31FN8O3/c1-19(40-31-27(30(33)35-18-36-31)28(37-40)21-12-22(32)14-24(43)13-21)25-15-23-4-2-3-7-39(23)29(25)26-6-5-20(16-34-26)17-38(8-10-41)9-11-42/h2-7,12-16,18-19,41-43H,8-11,17H2,1H3,(H2,33,35,36)/t19-/m1/s1. The summed E-state index contributed by atoms with van der Waals surface area (Å²) in [4.78, 5) is 15.4. The summed E-state index contributed by atoms with van der Waals surface area (Å²) in [5, 5.41) is 34.1. The molecular weight excluding hydrogens is 551 g/mol. The normalized spacial score (nSPS) is 12.5. The number of nitrogens with two attached hydrogens (primary N) is 1. The summed E-state index contributed by atoms with van der Waals surface area (Å²) in [7, 11) is 0. The van der Waals surface area contributed by atoms with Gasteiger partial charge in [-0.25, -0.2) is 19.0 Å². The van der Waals surface area contributed by atoms with Crippen molar-refractivity contribution in [1.29, 1.82) is 0 Å². The summed E-state index contributed by atoms with van der Waals surface area (Å²) in [5.74, 6) is -0.641. The number of hydrogen-bond acceptors (Lipinski definition) is 9. The fraction of sp³-hybridized carbons (Fsp3) is 0.226. The molecule has 220 valence electrons. The third-order valence-corrected chi connectivity index (χ3v) is 7.51. The van der Waals surface area contributed by atoms with Crippen molar-refractivity contribution in [2.24, 2.45) is 0 Å². The van der Waals surface area contributed by atoms with Crippen LogP contribution in [0.2, 0.25) is 0 Å². The van der Waals surface area contributed by atoms with Gasteiger partial charge in [0.25, 0.3) is 0 Å². The van der Waals surface area contributed by atoms with Gasteiger partial charge in [0.05, 0.1) is 36.0 Å². The summed E-state index contributed by atoms with van der Waals surface area (Å²) in [6.07, 6.45) is 5.15. The molecule has 6 aromatic rings. The molecule has 0 unspecified atom stereocenters. The lowest BCUT2D eigenvalue weighted by molar-refractivity contribution is 0.156. The minimum atomic E-state index is -0.604. The maximum absolute atomic E-state index is 14.3. The Kier molecular flexibility index (Phi) is 7.72. The zero-order valence-corrected chi connectivity index (χ0v) is 23.5. The molecule has 0 aliphatic heterocycles. The average Bonchev–Trinajstić information content (AvgIpc) is 3.57. The van der Waals surface area contributed by atoms with Crippen LogP contribution in [0.1, 0.15) is 24.1 Å². The van der Waals surface area contributed by atoms with Crippen molar-refractivity contribution in [3.8, 4) is 28.4 Å². The zero-order chi connectivity index (χ0) is 30.1. The molecule has 1 atom stereocenters. The van der Waals surface area contributed by atoms with Crippen LogP contribution in [0.25, 0.3) is 39.2 Å². The van der Waals surface area contributed by atoms with Crippen molar-refractivity contribution in [3.63, 3.8) is 0 Å². The molecule has 5 aromatic heterocycles. The second-order valence-electron chi connectivity index (χ2n) is 10.3. The van der Waals surface area contributed by atoms with Gasteiger partial charge in [0.1, 0.15) is 29.4 Å². The van der Waals surface area contributed by atoms with E-state index >= 15 is 0 Å². The van der Waals surface area contributed by atoms with Crippen LogP contribution in [0.5, 0.6) is 5.75 Å². The van der Waals surface area contributed by atoms with Gasteiger partial charge >= 0.3 is 0 Å². The number of aromatic nitrogens is 6. The molecule has 5 N–H and O–H groups in total. The molecule has 43 heavy (non-hydrogen) atoms. The highest BCUT2D eigenvalue weighted by Gasteiger charge is 2.25. The van der Waals surface area contributed by atoms with Crippen LogP contribution in [0.3, 0.4) is 0 Å². The van der Waals surface area contributed by atoms with E-state index in [9.17, 15) is 19.7 Å². The third-order valence-electron chi connectivity index (χ3n) is 7.51. The number of phenols is 1. The van der Waals surface area contributed by atoms with Crippen LogP contribution in [-0.4, -0.2) is 75.7 Å². The first-order valence-corrected chi connectivity index (χ1v) is 13.9. The largest absolute Gasteiger partial charge is 0.508 e. The van der Waals surface area contributed by atoms with Crippen molar-refractivity contribution in [2.75, 3.05) is 32.0 Å². The molecule has 0 spiro atoms. The Hall–Kier alpha value is -4.91. The van der Waals surface area contributed by atoms with Crippen molar-refractivity contribution < 1.29 is 19.7 Å². The van der Waals surface area contributed by atoms with Gasteiger partial charge in [-0.2, -0.15) is 5.10 Å². The number of halogens is 1. The minimum Gasteiger partial charge on any atom is -0.508 e. The fourth-order valence-electron chi connectivity index (χ4n) is 5.51. The summed E-state index contributed by atoms with van der Waals surface area (Å²) in [6, 6.07) is 15.3. The zero-order valence-electron chi connectivity index (χ0n) is 23.5. The predicted molar refractivity (Wildman–Crippen MR) is 161 cm³/mol. The lowest BCUT2D eigenvalue weighted by Gasteiger charge is -2.20. The number of fused-ring (bicyclic) bond motifs is 2. The maximum atomic E-state index is 14.3. The van der Waals surface area contributed by atoms with Crippen LogP contribution in [0.15, 0.2) is 73.3 Å².